The number of quaternary nitrogens is 1. The molecular weight excluding hydrogens is 342 g/mol. The zero-order chi connectivity index (χ0) is 18.8. The van der Waals surface area contributed by atoms with Crippen molar-refractivity contribution < 1.29 is 23.4 Å². The Morgan fingerprint density at radius 1 is 1.04 bits per heavy atom. The minimum absolute atomic E-state index is 0.324. The molecule has 142 valence electrons. The van der Waals surface area contributed by atoms with Gasteiger partial charge in [-0.3, -0.25) is 0 Å². The summed E-state index contributed by atoms with van der Waals surface area (Å²) in [6.07, 6.45) is 1.05. The van der Waals surface area contributed by atoms with Crippen LogP contribution in [0.5, 0.6) is 23.0 Å². The fourth-order valence-electron chi connectivity index (χ4n) is 5.46. The number of fused-ring (bicyclic) bond motifs is 5. The molecule has 0 N–H and O–H groups in total. The number of hydrogen-bond acceptors (Lipinski definition) is 4. The molecule has 27 heavy (non-hydrogen) atoms. The molecule has 3 heterocycles. The smallest absolute Gasteiger partial charge is 0.231 e. The summed E-state index contributed by atoms with van der Waals surface area (Å²) in [5, 5.41) is 0. The van der Waals surface area contributed by atoms with Gasteiger partial charge in [-0.15, -0.1) is 0 Å². The van der Waals surface area contributed by atoms with Gasteiger partial charge in [-0.1, -0.05) is 13.0 Å². The van der Waals surface area contributed by atoms with E-state index in [4.69, 9.17) is 18.9 Å². The van der Waals surface area contributed by atoms with Crippen LogP contribution >= 0.6 is 0 Å². The number of rotatable bonds is 2. The molecule has 0 fully saturated rings. The van der Waals surface area contributed by atoms with E-state index in [0.29, 0.717) is 18.8 Å². The van der Waals surface area contributed by atoms with E-state index in [1.165, 1.54) is 22.3 Å². The molecule has 0 saturated heterocycles. The lowest BCUT2D eigenvalue weighted by molar-refractivity contribution is -0.957. The molecule has 0 aromatic heterocycles. The Hall–Kier alpha value is -2.40. The number of nitrogens with zero attached hydrogens (tertiary/aromatic N) is 1. The zero-order valence-corrected chi connectivity index (χ0v) is 16.4. The molecular formula is C22H26NO4+. The number of methoxy groups -OCH3 is 2. The summed E-state index contributed by atoms with van der Waals surface area (Å²) in [5.74, 6) is 3.84. The standard InChI is InChI=1S/C22H26NO4/c1-13-15-5-6-18(24-3)22(25-4)17(15)11-23(2)8-7-14-9-19-20(27-12-26-19)10-16(14)21(13)23/h5-6,9-10,13,21H,7-8,11-12H2,1-4H3/q+1/t13-,21+,23?/m0/s1. The molecule has 0 bridgehead atoms. The van der Waals surface area contributed by atoms with Crippen molar-refractivity contribution in [3.05, 3.63) is 46.5 Å². The molecule has 0 spiro atoms. The fourth-order valence-corrected chi connectivity index (χ4v) is 5.46. The Kier molecular flexibility index (Phi) is 3.60. The maximum Gasteiger partial charge on any atom is 0.231 e. The summed E-state index contributed by atoms with van der Waals surface area (Å²) < 4.78 is 23.6. The summed E-state index contributed by atoms with van der Waals surface area (Å²) in [7, 11) is 5.81. The van der Waals surface area contributed by atoms with Crippen LogP contribution in [-0.2, 0) is 13.0 Å². The van der Waals surface area contributed by atoms with E-state index in [9.17, 15) is 0 Å². The predicted molar refractivity (Wildman–Crippen MR) is 102 cm³/mol. The van der Waals surface area contributed by atoms with Gasteiger partial charge in [-0.25, -0.2) is 0 Å². The van der Waals surface area contributed by atoms with Crippen LogP contribution in [0.15, 0.2) is 24.3 Å². The van der Waals surface area contributed by atoms with Gasteiger partial charge in [0, 0.05) is 17.9 Å². The van der Waals surface area contributed by atoms with Gasteiger partial charge >= 0.3 is 0 Å². The van der Waals surface area contributed by atoms with Crippen LogP contribution < -0.4 is 18.9 Å². The lowest BCUT2D eigenvalue weighted by Gasteiger charge is -2.51. The SMILES string of the molecule is COc1ccc2c(c1OC)C[N+]1(C)CCc3cc4c(cc3[C@H]1[C@H]2C)OCO4. The van der Waals surface area contributed by atoms with E-state index < -0.39 is 0 Å². The van der Waals surface area contributed by atoms with Gasteiger partial charge in [0.2, 0.25) is 6.79 Å². The Labute approximate surface area is 160 Å². The topological polar surface area (TPSA) is 36.9 Å². The van der Waals surface area contributed by atoms with E-state index >= 15 is 0 Å². The van der Waals surface area contributed by atoms with Crippen molar-refractivity contribution in [1.29, 1.82) is 0 Å². The van der Waals surface area contributed by atoms with Crippen LogP contribution in [0.25, 0.3) is 0 Å². The molecule has 5 heteroatoms. The van der Waals surface area contributed by atoms with Crippen LogP contribution in [0, 0.1) is 0 Å². The third kappa shape index (κ3) is 2.27. The molecule has 3 aliphatic heterocycles. The van der Waals surface area contributed by atoms with Gasteiger partial charge in [0.15, 0.2) is 23.0 Å². The summed E-state index contributed by atoms with van der Waals surface area (Å²) in [6, 6.07) is 9.06. The van der Waals surface area contributed by atoms with Crippen molar-refractivity contribution in [2.45, 2.75) is 31.8 Å². The fraction of sp³-hybridized carbons (Fsp3) is 0.455. The summed E-state index contributed by atoms with van der Waals surface area (Å²) in [5.41, 5.74) is 5.45. The van der Waals surface area contributed by atoms with Crippen LogP contribution in [0.3, 0.4) is 0 Å². The molecule has 5 nitrogen and oxygen atoms in total. The molecule has 3 atom stereocenters. The van der Waals surface area contributed by atoms with Gasteiger partial charge in [0.05, 0.1) is 33.4 Å². The number of likely N-dealkylation sites (N-methyl/N-ethyl adjacent to an activating group) is 1. The molecule has 3 aliphatic rings. The Balaban J connectivity index is 1.67. The first-order chi connectivity index (χ1) is 13.1. The zero-order valence-electron chi connectivity index (χ0n) is 16.4. The third-order valence-electron chi connectivity index (χ3n) is 6.68. The highest BCUT2D eigenvalue weighted by Gasteiger charge is 2.48. The van der Waals surface area contributed by atoms with Crippen molar-refractivity contribution in [3.8, 4) is 23.0 Å². The maximum atomic E-state index is 5.77. The normalized spacial score (nSPS) is 27.4. The third-order valence-corrected chi connectivity index (χ3v) is 6.68. The molecule has 0 saturated carbocycles. The quantitative estimate of drug-likeness (QED) is 0.756. The van der Waals surface area contributed by atoms with Gasteiger partial charge in [0.25, 0.3) is 0 Å². The average Bonchev–Trinajstić information content (AvgIpc) is 3.12. The molecule has 2 aromatic carbocycles. The Morgan fingerprint density at radius 2 is 1.81 bits per heavy atom. The van der Waals surface area contributed by atoms with Crippen LogP contribution in [0.2, 0.25) is 0 Å². The first-order valence-corrected chi connectivity index (χ1v) is 9.56. The highest BCUT2D eigenvalue weighted by atomic mass is 16.7. The molecule has 1 unspecified atom stereocenters. The molecule has 0 amide bonds. The summed E-state index contributed by atoms with van der Waals surface area (Å²) in [6.45, 7) is 4.70. The Bertz CT molecular complexity index is 925. The number of hydrogen-bond donors (Lipinski definition) is 0. The average molecular weight is 368 g/mol. The van der Waals surface area contributed by atoms with E-state index in [1.807, 2.05) is 6.07 Å². The van der Waals surface area contributed by atoms with Crippen molar-refractivity contribution in [2.75, 3.05) is 34.6 Å². The predicted octanol–water partition coefficient (Wildman–Crippen LogP) is 3.79. The van der Waals surface area contributed by atoms with E-state index in [-0.39, 0.29) is 0 Å². The van der Waals surface area contributed by atoms with Crippen molar-refractivity contribution in [3.63, 3.8) is 0 Å². The van der Waals surface area contributed by atoms with E-state index in [2.05, 4.69) is 32.2 Å². The molecule has 5 rings (SSSR count). The first kappa shape index (κ1) is 16.8. The highest BCUT2D eigenvalue weighted by Crippen LogP contribution is 2.54. The molecule has 2 aromatic rings. The Morgan fingerprint density at radius 3 is 2.56 bits per heavy atom. The van der Waals surface area contributed by atoms with E-state index in [0.717, 1.165) is 47.0 Å². The largest absolute Gasteiger partial charge is 0.493 e. The van der Waals surface area contributed by atoms with Gasteiger partial charge < -0.3 is 23.4 Å². The van der Waals surface area contributed by atoms with Gasteiger partial charge in [-0.2, -0.15) is 0 Å². The highest BCUT2D eigenvalue weighted by molar-refractivity contribution is 5.55. The van der Waals surface area contributed by atoms with Crippen LogP contribution in [-0.4, -0.2) is 39.1 Å². The maximum absolute atomic E-state index is 5.77. The summed E-state index contributed by atoms with van der Waals surface area (Å²) in [4.78, 5) is 0. The second-order valence-electron chi connectivity index (χ2n) is 8.12. The summed E-state index contributed by atoms with van der Waals surface area (Å²) >= 11 is 0. The van der Waals surface area contributed by atoms with Crippen LogP contribution in [0.1, 0.15) is 41.1 Å². The monoisotopic (exact) mass is 368 g/mol. The van der Waals surface area contributed by atoms with E-state index in [1.54, 1.807) is 14.2 Å². The van der Waals surface area contributed by atoms with Crippen LogP contribution in [0.4, 0.5) is 0 Å². The minimum Gasteiger partial charge on any atom is -0.493 e. The minimum atomic E-state index is 0.324. The van der Waals surface area contributed by atoms with Gasteiger partial charge in [-0.05, 0) is 29.3 Å². The first-order valence-electron chi connectivity index (χ1n) is 9.56. The lowest BCUT2D eigenvalue weighted by Crippen LogP contribution is -2.54. The number of benzene rings is 2. The lowest BCUT2D eigenvalue weighted by atomic mass is 9.75. The molecule has 0 aliphatic carbocycles. The van der Waals surface area contributed by atoms with Crippen molar-refractivity contribution >= 4 is 0 Å². The van der Waals surface area contributed by atoms with Crippen molar-refractivity contribution in [1.82, 2.24) is 0 Å². The molecule has 0 radical (unpaired) electrons. The second-order valence-corrected chi connectivity index (χ2v) is 8.12. The number of ether oxygens (including phenoxy) is 4. The van der Waals surface area contributed by atoms with Crippen molar-refractivity contribution in [2.24, 2.45) is 0 Å². The van der Waals surface area contributed by atoms with Gasteiger partial charge in [0.1, 0.15) is 12.6 Å². The second kappa shape index (κ2) is 5.80.